The summed E-state index contributed by atoms with van der Waals surface area (Å²) in [4.78, 5) is 12.0. The molecule has 7 nitrogen and oxygen atoms in total. The van der Waals surface area contributed by atoms with Gasteiger partial charge >= 0.3 is 0 Å². The first-order valence-corrected chi connectivity index (χ1v) is 11.3. The van der Waals surface area contributed by atoms with Crippen molar-refractivity contribution in [2.45, 2.75) is 39.0 Å². The summed E-state index contributed by atoms with van der Waals surface area (Å²) in [6.07, 6.45) is 0.750. The molecule has 1 amide bonds. The fraction of sp³-hybridized carbons (Fsp3) is 0.474. The summed E-state index contributed by atoms with van der Waals surface area (Å²) >= 11 is 6.37. The van der Waals surface area contributed by atoms with E-state index in [0.29, 0.717) is 30.8 Å². The average molecular weight is 428 g/mol. The number of para-hydroxylation sites is 1. The van der Waals surface area contributed by atoms with Crippen molar-refractivity contribution in [1.29, 1.82) is 0 Å². The largest absolute Gasteiger partial charge is 0.379 e. The second-order valence-electron chi connectivity index (χ2n) is 6.76. The summed E-state index contributed by atoms with van der Waals surface area (Å²) in [7, 11) is -3.68. The normalized spacial score (nSPS) is 11.8. The number of hydrogen-bond donors (Lipinski definition) is 1. The van der Waals surface area contributed by atoms with Crippen LogP contribution < -0.4 is 5.32 Å². The number of benzene rings is 1. The lowest BCUT2D eigenvalue weighted by molar-refractivity contribution is -0.118. The number of sulfone groups is 1. The maximum atomic E-state index is 12.5. The van der Waals surface area contributed by atoms with Gasteiger partial charge in [0.1, 0.15) is 10.9 Å². The molecule has 1 heterocycles. The number of aryl methyl sites for hydroxylation is 1. The molecule has 0 aliphatic rings. The Morgan fingerprint density at radius 3 is 2.61 bits per heavy atom. The quantitative estimate of drug-likeness (QED) is 0.588. The van der Waals surface area contributed by atoms with Crippen molar-refractivity contribution in [3.8, 4) is 5.69 Å². The zero-order valence-corrected chi connectivity index (χ0v) is 17.9. The van der Waals surface area contributed by atoms with Crippen LogP contribution in [0.15, 0.2) is 30.3 Å². The summed E-state index contributed by atoms with van der Waals surface area (Å²) in [6.45, 7) is 6.44. The molecule has 2 rings (SSSR count). The van der Waals surface area contributed by atoms with Crippen molar-refractivity contribution in [1.82, 2.24) is 15.1 Å². The second-order valence-corrected chi connectivity index (χ2v) is 9.18. The van der Waals surface area contributed by atoms with Crippen LogP contribution >= 0.6 is 11.6 Å². The smallest absolute Gasteiger partial charge is 0.235 e. The molecule has 1 aromatic carbocycles. The van der Waals surface area contributed by atoms with Crippen LogP contribution in [0, 0.1) is 6.92 Å². The third-order valence-corrected chi connectivity index (χ3v) is 5.75. The van der Waals surface area contributed by atoms with Gasteiger partial charge in [-0.15, -0.1) is 0 Å². The van der Waals surface area contributed by atoms with E-state index in [4.69, 9.17) is 16.3 Å². The van der Waals surface area contributed by atoms with Crippen molar-refractivity contribution in [3.05, 3.63) is 46.7 Å². The van der Waals surface area contributed by atoms with Gasteiger partial charge in [-0.05, 0) is 39.3 Å². The lowest BCUT2D eigenvalue weighted by atomic mass is 10.3. The number of carbonyl (C=O) groups excluding carboxylic acids is 1. The maximum Gasteiger partial charge on any atom is 0.235 e. The summed E-state index contributed by atoms with van der Waals surface area (Å²) < 4.78 is 31.8. The molecule has 0 radical (unpaired) electrons. The molecule has 0 saturated carbocycles. The van der Waals surface area contributed by atoms with E-state index in [0.717, 1.165) is 5.69 Å². The van der Waals surface area contributed by atoms with Crippen LogP contribution in [0.5, 0.6) is 0 Å². The summed E-state index contributed by atoms with van der Waals surface area (Å²) in [5.74, 6) is -1.47. The van der Waals surface area contributed by atoms with E-state index in [1.807, 2.05) is 44.2 Å². The second kappa shape index (κ2) is 10.0. The molecule has 0 bridgehead atoms. The molecule has 0 spiro atoms. The van der Waals surface area contributed by atoms with E-state index in [2.05, 4.69) is 10.4 Å². The molecule has 2 aromatic rings. The van der Waals surface area contributed by atoms with E-state index < -0.39 is 21.5 Å². The van der Waals surface area contributed by atoms with E-state index in [9.17, 15) is 13.2 Å². The fourth-order valence-corrected chi connectivity index (χ4v) is 4.38. The maximum absolute atomic E-state index is 12.5. The van der Waals surface area contributed by atoms with Crippen molar-refractivity contribution in [2.75, 3.05) is 18.9 Å². The first-order valence-electron chi connectivity index (χ1n) is 9.08. The molecule has 0 aliphatic heterocycles. The molecular weight excluding hydrogens is 402 g/mol. The predicted octanol–water partition coefficient (Wildman–Crippen LogP) is 2.68. The van der Waals surface area contributed by atoms with E-state index in [1.54, 1.807) is 6.92 Å². The van der Waals surface area contributed by atoms with Gasteiger partial charge in [-0.2, -0.15) is 5.10 Å². The minimum Gasteiger partial charge on any atom is -0.379 e. The Bertz CT molecular complexity index is 895. The Morgan fingerprint density at radius 1 is 1.29 bits per heavy atom. The van der Waals surface area contributed by atoms with Crippen LogP contribution in [-0.2, 0) is 25.1 Å². The molecule has 1 N–H and O–H groups in total. The molecule has 0 atom stereocenters. The Morgan fingerprint density at radius 2 is 1.96 bits per heavy atom. The van der Waals surface area contributed by atoms with Crippen LogP contribution in [0.1, 0.15) is 31.5 Å². The van der Waals surface area contributed by atoms with Gasteiger partial charge in [-0.25, -0.2) is 13.1 Å². The topological polar surface area (TPSA) is 90.3 Å². The van der Waals surface area contributed by atoms with Crippen molar-refractivity contribution < 1.29 is 17.9 Å². The highest BCUT2D eigenvalue weighted by Gasteiger charge is 2.23. The van der Waals surface area contributed by atoms with Gasteiger partial charge in [0.25, 0.3) is 0 Å². The molecule has 9 heteroatoms. The van der Waals surface area contributed by atoms with Crippen LogP contribution in [0.3, 0.4) is 0 Å². The highest BCUT2D eigenvalue weighted by atomic mass is 35.5. The summed E-state index contributed by atoms with van der Waals surface area (Å²) in [6, 6.07) is 9.21. The van der Waals surface area contributed by atoms with Gasteiger partial charge < -0.3 is 10.1 Å². The first kappa shape index (κ1) is 22.4. The van der Waals surface area contributed by atoms with Crippen LogP contribution in [-0.4, -0.2) is 49.1 Å². The number of hydrogen-bond acceptors (Lipinski definition) is 5. The zero-order chi connectivity index (χ0) is 20.7. The Balaban J connectivity index is 1.97. The van der Waals surface area contributed by atoms with Crippen LogP contribution in [0.4, 0.5) is 0 Å². The van der Waals surface area contributed by atoms with Gasteiger partial charge in [0.2, 0.25) is 5.91 Å². The molecule has 0 unspecified atom stereocenters. The number of nitrogens with one attached hydrogen (secondary N) is 1. The van der Waals surface area contributed by atoms with E-state index in [-0.39, 0.29) is 17.0 Å². The van der Waals surface area contributed by atoms with Gasteiger partial charge in [0, 0.05) is 18.7 Å². The monoisotopic (exact) mass is 427 g/mol. The highest BCUT2D eigenvalue weighted by Crippen LogP contribution is 2.25. The van der Waals surface area contributed by atoms with Crippen molar-refractivity contribution in [2.24, 2.45) is 0 Å². The van der Waals surface area contributed by atoms with Gasteiger partial charge in [0.05, 0.1) is 23.2 Å². The standard InChI is InChI=1S/C19H26ClN3O4S/c1-14(2)27-11-7-10-21-18(24)13-28(25,26)12-17-15(3)22-23(19(17)20)16-8-5-4-6-9-16/h4-6,8-9,14H,7,10-13H2,1-3H3,(H,21,24). The molecular formula is C19H26ClN3O4S. The number of nitrogens with zero attached hydrogens (tertiary/aromatic N) is 2. The zero-order valence-electron chi connectivity index (χ0n) is 16.3. The third-order valence-electron chi connectivity index (χ3n) is 3.93. The fourth-order valence-electron chi connectivity index (χ4n) is 2.58. The minimum absolute atomic E-state index is 0.126. The third kappa shape index (κ3) is 6.61. The number of rotatable bonds is 10. The predicted molar refractivity (Wildman–Crippen MR) is 110 cm³/mol. The lowest BCUT2D eigenvalue weighted by Crippen LogP contribution is -2.32. The van der Waals surface area contributed by atoms with Crippen LogP contribution in [0.25, 0.3) is 5.69 Å². The first-order chi connectivity index (χ1) is 13.2. The molecule has 1 aromatic heterocycles. The summed E-state index contributed by atoms with van der Waals surface area (Å²) in [5, 5.41) is 7.18. The number of ether oxygens (including phenoxy) is 1. The Kier molecular flexibility index (Phi) is 8.03. The molecule has 0 fully saturated rings. The van der Waals surface area contributed by atoms with Crippen molar-refractivity contribution in [3.63, 3.8) is 0 Å². The van der Waals surface area contributed by atoms with E-state index in [1.165, 1.54) is 4.68 Å². The number of carbonyl (C=O) groups is 1. The lowest BCUT2D eigenvalue weighted by Gasteiger charge is -2.09. The van der Waals surface area contributed by atoms with E-state index >= 15 is 0 Å². The highest BCUT2D eigenvalue weighted by molar-refractivity contribution is 7.91. The minimum atomic E-state index is -3.68. The number of amides is 1. The van der Waals surface area contributed by atoms with Crippen molar-refractivity contribution >= 4 is 27.3 Å². The number of aromatic nitrogens is 2. The van der Waals surface area contributed by atoms with Gasteiger partial charge in [-0.1, -0.05) is 29.8 Å². The van der Waals surface area contributed by atoms with Gasteiger partial charge in [0.15, 0.2) is 9.84 Å². The average Bonchev–Trinajstić information content (AvgIpc) is 2.89. The summed E-state index contributed by atoms with van der Waals surface area (Å²) in [5.41, 5.74) is 1.66. The Labute approximate surface area is 170 Å². The van der Waals surface area contributed by atoms with Crippen LogP contribution in [0.2, 0.25) is 5.15 Å². The SMILES string of the molecule is Cc1nn(-c2ccccc2)c(Cl)c1CS(=O)(=O)CC(=O)NCCCOC(C)C. The molecule has 28 heavy (non-hydrogen) atoms. The Hall–Kier alpha value is -1.90. The molecule has 0 aliphatic carbocycles. The van der Waals surface area contributed by atoms with Gasteiger partial charge in [-0.3, -0.25) is 4.79 Å². The molecule has 154 valence electrons. The molecule has 0 saturated heterocycles. The number of halogens is 1.